The number of nitrogens with one attached hydrogen (secondary N) is 1. The molecule has 0 unspecified atom stereocenters. The van der Waals surface area contributed by atoms with Gasteiger partial charge < -0.3 is 14.6 Å². The van der Waals surface area contributed by atoms with Crippen molar-refractivity contribution < 1.29 is 29.0 Å². The fourth-order valence-corrected chi connectivity index (χ4v) is 3.78. The molecule has 3 rings (SSSR count). The second kappa shape index (κ2) is 9.43. The van der Waals surface area contributed by atoms with Gasteiger partial charge in [-0.25, -0.2) is 4.79 Å². The summed E-state index contributed by atoms with van der Waals surface area (Å²) in [6.45, 7) is 0.136. The zero-order chi connectivity index (χ0) is 22.7. The highest BCUT2D eigenvalue weighted by atomic mass is 127. The summed E-state index contributed by atoms with van der Waals surface area (Å²) in [7, 11) is 2.96. The third kappa shape index (κ3) is 5.02. The van der Waals surface area contributed by atoms with E-state index in [4.69, 9.17) is 26.8 Å². The number of aromatic carboxylic acids is 1. The van der Waals surface area contributed by atoms with Gasteiger partial charge in [0.15, 0.2) is 16.6 Å². The fraction of sp³-hybridized carbons (Fsp3) is 0.143. The van der Waals surface area contributed by atoms with Crippen LogP contribution in [-0.4, -0.2) is 47.1 Å². The predicted molar refractivity (Wildman–Crippen MR) is 125 cm³/mol. The minimum absolute atomic E-state index is 0.0480. The molecule has 160 valence electrons. The Morgan fingerprint density at radius 2 is 2.03 bits per heavy atom. The molecule has 0 radical (unpaired) electrons. The Morgan fingerprint density at radius 1 is 1.29 bits per heavy atom. The van der Waals surface area contributed by atoms with Crippen LogP contribution >= 0.6 is 34.8 Å². The molecule has 0 atom stereocenters. The minimum Gasteiger partial charge on any atom is -0.493 e. The number of carbonyl (C=O) groups excluding carboxylic acids is 2. The lowest BCUT2D eigenvalue weighted by Crippen LogP contribution is -2.52. The van der Waals surface area contributed by atoms with Crippen molar-refractivity contribution >= 4 is 63.8 Å². The Bertz CT molecular complexity index is 1130. The number of hydrogen-bond acceptors (Lipinski definition) is 6. The van der Waals surface area contributed by atoms with Crippen LogP contribution in [0.3, 0.4) is 0 Å². The maximum absolute atomic E-state index is 12.4. The number of methoxy groups -OCH3 is 1. The van der Waals surface area contributed by atoms with Crippen molar-refractivity contribution in [3.63, 3.8) is 0 Å². The molecule has 2 aromatic rings. The molecule has 8 nitrogen and oxygen atoms in total. The van der Waals surface area contributed by atoms with Crippen LogP contribution in [0.1, 0.15) is 21.5 Å². The van der Waals surface area contributed by atoms with Gasteiger partial charge in [0.2, 0.25) is 0 Å². The van der Waals surface area contributed by atoms with Crippen LogP contribution in [0.15, 0.2) is 42.0 Å². The van der Waals surface area contributed by atoms with Gasteiger partial charge in [-0.3, -0.25) is 19.8 Å². The van der Waals surface area contributed by atoms with Crippen LogP contribution in [0.5, 0.6) is 11.5 Å². The fourth-order valence-electron chi connectivity index (χ4n) is 2.83. The molecule has 0 saturated carbocycles. The van der Waals surface area contributed by atoms with E-state index in [0.717, 1.165) is 0 Å². The predicted octanol–water partition coefficient (Wildman–Crippen LogP) is 2.83. The Hall–Kier alpha value is -2.99. The second-order valence-corrected chi connectivity index (χ2v) is 8.06. The summed E-state index contributed by atoms with van der Waals surface area (Å²) < 4.78 is 12.0. The molecule has 0 aliphatic carbocycles. The number of carbonyl (C=O) groups is 3. The monoisotopic (exact) mass is 552 g/mol. The van der Waals surface area contributed by atoms with E-state index >= 15 is 0 Å². The third-order valence-electron chi connectivity index (χ3n) is 4.42. The number of hydrogen-bond donors (Lipinski definition) is 2. The molecule has 0 aromatic heterocycles. The molecule has 2 N–H and O–H groups in total. The van der Waals surface area contributed by atoms with Crippen LogP contribution in [0.2, 0.25) is 0 Å². The van der Waals surface area contributed by atoms with Crippen LogP contribution in [0, 0.1) is 3.57 Å². The van der Waals surface area contributed by atoms with E-state index in [9.17, 15) is 14.4 Å². The molecule has 10 heteroatoms. The SMILES string of the molecule is COc1cc(C=C2C(=O)NC(=S)N(C)C2=O)cc(I)c1OCc1cccc(C(=O)O)c1. The number of benzene rings is 2. The van der Waals surface area contributed by atoms with Gasteiger partial charge in [0, 0.05) is 7.05 Å². The number of rotatable bonds is 6. The summed E-state index contributed by atoms with van der Waals surface area (Å²) in [6.07, 6.45) is 1.46. The van der Waals surface area contributed by atoms with Crippen molar-refractivity contribution in [3.05, 3.63) is 62.2 Å². The zero-order valence-corrected chi connectivity index (χ0v) is 19.4. The number of thiocarbonyl (C=S) groups is 1. The maximum atomic E-state index is 12.4. The molecule has 0 bridgehead atoms. The van der Waals surface area contributed by atoms with E-state index in [0.29, 0.717) is 26.2 Å². The van der Waals surface area contributed by atoms with Crippen LogP contribution in [-0.2, 0) is 16.2 Å². The smallest absolute Gasteiger partial charge is 0.335 e. The van der Waals surface area contributed by atoms with E-state index in [1.54, 1.807) is 24.3 Å². The quantitative estimate of drug-likeness (QED) is 0.246. The molecule has 1 aliphatic rings. The first kappa shape index (κ1) is 22.7. The summed E-state index contributed by atoms with van der Waals surface area (Å²) in [5.41, 5.74) is 1.38. The van der Waals surface area contributed by atoms with Gasteiger partial charge in [0.05, 0.1) is 16.2 Å². The number of amides is 2. The highest BCUT2D eigenvalue weighted by Gasteiger charge is 2.30. The summed E-state index contributed by atoms with van der Waals surface area (Å²) >= 11 is 7.01. The average Bonchev–Trinajstić information content (AvgIpc) is 2.74. The highest BCUT2D eigenvalue weighted by Crippen LogP contribution is 2.35. The first-order chi connectivity index (χ1) is 14.7. The minimum atomic E-state index is -1.01. The normalized spacial score (nSPS) is 15.1. The Balaban J connectivity index is 1.88. The van der Waals surface area contributed by atoms with Gasteiger partial charge in [-0.05, 0) is 76.3 Å². The van der Waals surface area contributed by atoms with Crippen LogP contribution in [0.25, 0.3) is 6.08 Å². The van der Waals surface area contributed by atoms with Crippen molar-refractivity contribution in [2.75, 3.05) is 14.2 Å². The van der Waals surface area contributed by atoms with Crippen molar-refractivity contribution in [2.45, 2.75) is 6.61 Å². The van der Waals surface area contributed by atoms with E-state index in [-0.39, 0.29) is 22.9 Å². The lowest BCUT2D eigenvalue weighted by Gasteiger charge is -2.25. The molecule has 2 aromatic carbocycles. The van der Waals surface area contributed by atoms with Crippen molar-refractivity contribution in [1.29, 1.82) is 0 Å². The third-order valence-corrected chi connectivity index (χ3v) is 5.60. The topological polar surface area (TPSA) is 105 Å². The molecule has 0 spiro atoms. The first-order valence-electron chi connectivity index (χ1n) is 8.89. The Kier molecular flexibility index (Phi) is 6.91. The van der Waals surface area contributed by atoms with E-state index < -0.39 is 17.8 Å². The molecule has 1 fully saturated rings. The molecule has 1 saturated heterocycles. The van der Waals surface area contributed by atoms with Gasteiger partial charge >= 0.3 is 5.97 Å². The van der Waals surface area contributed by atoms with Gasteiger partial charge in [0.25, 0.3) is 11.8 Å². The lowest BCUT2D eigenvalue weighted by atomic mass is 10.1. The van der Waals surface area contributed by atoms with Crippen molar-refractivity contribution in [2.24, 2.45) is 0 Å². The van der Waals surface area contributed by atoms with E-state index in [1.165, 1.54) is 37.3 Å². The first-order valence-corrected chi connectivity index (χ1v) is 10.4. The summed E-state index contributed by atoms with van der Waals surface area (Å²) in [4.78, 5) is 36.9. The second-order valence-electron chi connectivity index (χ2n) is 6.51. The van der Waals surface area contributed by atoms with Crippen LogP contribution in [0.4, 0.5) is 0 Å². The zero-order valence-electron chi connectivity index (χ0n) is 16.5. The number of likely N-dealkylation sites (N-methyl/N-ethyl adjacent to an activating group) is 1. The largest absolute Gasteiger partial charge is 0.493 e. The number of carboxylic acids is 1. The van der Waals surface area contributed by atoms with Crippen molar-refractivity contribution in [1.82, 2.24) is 10.2 Å². The summed E-state index contributed by atoms with van der Waals surface area (Å²) in [5, 5.41) is 11.6. The summed E-state index contributed by atoms with van der Waals surface area (Å²) in [6, 6.07) is 9.84. The average molecular weight is 552 g/mol. The molecular weight excluding hydrogens is 535 g/mol. The van der Waals surface area contributed by atoms with Gasteiger partial charge in [0.1, 0.15) is 12.2 Å². The van der Waals surface area contributed by atoms with E-state index in [1.807, 2.05) is 0 Å². The number of carboxylic acid groups (broad SMARTS) is 1. The van der Waals surface area contributed by atoms with E-state index in [2.05, 4.69) is 27.9 Å². The molecule has 1 heterocycles. The Labute approximate surface area is 197 Å². The standard InChI is InChI=1S/C21H17IN2O6S/c1-24-19(26)14(18(25)23-21(24)31)7-12-8-15(22)17(16(9-12)29-2)30-10-11-4-3-5-13(6-11)20(27)28/h3-9H,10H2,1-2H3,(H,27,28)(H,23,25,31). The number of nitrogens with zero attached hydrogens (tertiary/aromatic N) is 1. The molecular formula is C21H17IN2O6S. The highest BCUT2D eigenvalue weighted by molar-refractivity contribution is 14.1. The van der Waals surface area contributed by atoms with Gasteiger partial charge in [-0.1, -0.05) is 12.1 Å². The maximum Gasteiger partial charge on any atom is 0.335 e. The van der Waals surface area contributed by atoms with Crippen LogP contribution < -0.4 is 14.8 Å². The lowest BCUT2D eigenvalue weighted by molar-refractivity contribution is -0.128. The number of halogens is 1. The molecule has 1 aliphatic heterocycles. The summed E-state index contributed by atoms with van der Waals surface area (Å²) in [5.74, 6) is -1.22. The van der Waals surface area contributed by atoms with Gasteiger partial charge in [-0.2, -0.15) is 0 Å². The Morgan fingerprint density at radius 3 is 2.71 bits per heavy atom. The van der Waals surface area contributed by atoms with Crippen molar-refractivity contribution in [3.8, 4) is 11.5 Å². The van der Waals surface area contributed by atoms with Gasteiger partial charge in [-0.15, -0.1) is 0 Å². The molecule has 2 amide bonds. The number of ether oxygens (including phenoxy) is 2. The molecule has 31 heavy (non-hydrogen) atoms.